The Kier molecular flexibility index (Phi) is 9.00. The Balaban J connectivity index is 1.32. The molecule has 0 aromatic heterocycles. The zero-order valence-corrected chi connectivity index (χ0v) is 18.8. The molecule has 3 rings (SSSR count). The second kappa shape index (κ2) is 11.9. The molecule has 1 saturated carbocycles. The number of urea groups is 1. The summed E-state index contributed by atoms with van der Waals surface area (Å²) in [5.41, 5.74) is 1.41. The highest BCUT2D eigenvalue weighted by Crippen LogP contribution is 2.34. The number of benzene rings is 1. The number of ether oxygens (including phenoxy) is 2. The van der Waals surface area contributed by atoms with Crippen LogP contribution in [-0.2, 0) is 9.47 Å². The summed E-state index contributed by atoms with van der Waals surface area (Å²) in [7, 11) is 0. The van der Waals surface area contributed by atoms with Crippen LogP contribution in [0.1, 0.15) is 63.9 Å². The second-order valence-electron chi connectivity index (χ2n) is 8.70. The highest BCUT2D eigenvalue weighted by Gasteiger charge is 2.26. The number of hydrogen-bond donors (Lipinski definition) is 2. The van der Waals surface area contributed by atoms with E-state index < -0.39 is 6.09 Å². The molecule has 7 heteroatoms. The van der Waals surface area contributed by atoms with Crippen LogP contribution in [0.25, 0.3) is 0 Å². The van der Waals surface area contributed by atoms with Crippen LogP contribution in [0.4, 0.5) is 9.59 Å². The number of rotatable bonds is 7. The average Bonchev–Trinajstić information content (AvgIpc) is 2.79. The van der Waals surface area contributed by atoms with Crippen molar-refractivity contribution < 1.29 is 19.1 Å². The minimum Gasteiger partial charge on any atom is -0.449 e. The van der Waals surface area contributed by atoms with Crippen LogP contribution in [-0.4, -0.2) is 55.6 Å². The van der Waals surface area contributed by atoms with Gasteiger partial charge in [-0.25, -0.2) is 9.59 Å². The number of hydrogen-bond acceptors (Lipinski definition) is 4. The predicted octanol–water partition coefficient (Wildman–Crippen LogP) is 4.24. The summed E-state index contributed by atoms with van der Waals surface area (Å²) in [6.07, 6.45) is 5.42. The fraction of sp³-hybridized carbons (Fsp3) is 0.667. The predicted molar refractivity (Wildman–Crippen MR) is 120 cm³/mol. The van der Waals surface area contributed by atoms with Crippen molar-refractivity contribution in [2.45, 2.75) is 70.6 Å². The summed E-state index contributed by atoms with van der Waals surface area (Å²) in [6.45, 7) is 6.07. The van der Waals surface area contributed by atoms with Gasteiger partial charge in [0.2, 0.25) is 0 Å². The Labute approximate surface area is 185 Å². The first-order valence-electron chi connectivity index (χ1n) is 11.7. The van der Waals surface area contributed by atoms with Crippen molar-refractivity contribution in [1.29, 1.82) is 0 Å². The standard InChI is InChI=1S/C24H37N3O4/c1-3-25-23(28)27-15-7-8-19(16-27)17-30-24(29)26-18(2)31-22-13-11-21(12-14-22)20-9-5-4-6-10-20/h4-6,9-10,18-19,21-22H,3,7-8,11-17H2,1-2H3,(H,25,28)(H,26,29). The van der Waals surface area contributed by atoms with Crippen LogP contribution in [0, 0.1) is 5.92 Å². The van der Waals surface area contributed by atoms with E-state index in [1.54, 1.807) is 4.90 Å². The van der Waals surface area contributed by atoms with Gasteiger partial charge in [-0.3, -0.25) is 5.32 Å². The normalized spacial score (nSPS) is 24.8. The molecule has 1 aliphatic carbocycles. The van der Waals surface area contributed by atoms with Gasteiger partial charge in [0.05, 0.1) is 12.7 Å². The van der Waals surface area contributed by atoms with E-state index in [0.717, 1.165) is 45.1 Å². The van der Waals surface area contributed by atoms with Crippen molar-refractivity contribution in [1.82, 2.24) is 15.5 Å². The smallest absolute Gasteiger partial charge is 0.409 e. The molecule has 0 radical (unpaired) electrons. The van der Waals surface area contributed by atoms with Gasteiger partial charge in [-0.15, -0.1) is 0 Å². The fourth-order valence-corrected chi connectivity index (χ4v) is 4.63. The van der Waals surface area contributed by atoms with Crippen molar-refractivity contribution in [3.05, 3.63) is 35.9 Å². The van der Waals surface area contributed by atoms with Gasteiger partial charge in [0.1, 0.15) is 6.23 Å². The second-order valence-corrected chi connectivity index (χ2v) is 8.70. The molecule has 1 aromatic carbocycles. The van der Waals surface area contributed by atoms with Gasteiger partial charge in [-0.2, -0.15) is 0 Å². The minimum absolute atomic E-state index is 0.0411. The number of alkyl carbamates (subject to hydrolysis) is 1. The lowest BCUT2D eigenvalue weighted by Crippen LogP contribution is -2.46. The molecule has 2 N–H and O–H groups in total. The number of nitrogens with one attached hydrogen (secondary N) is 2. The molecule has 172 valence electrons. The average molecular weight is 432 g/mol. The van der Waals surface area contributed by atoms with Crippen LogP contribution in [0.3, 0.4) is 0 Å². The lowest BCUT2D eigenvalue weighted by molar-refractivity contribution is -0.0382. The maximum absolute atomic E-state index is 12.2. The van der Waals surface area contributed by atoms with Crippen molar-refractivity contribution in [3.8, 4) is 0 Å². The lowest BCUT2D eigenvalue weighted by atomic mass is 9.83. The van der Waals surface area contributed by atoms with Gasteiger partial charge in [-0.05, 0) is 63.9 Å². The number of nitrogens with zero attached hydrogens (tertiary/aromatic N) is 1. The van der Waals surface area contributed by atoms with Crippen LogP contribution in [0.15, 0.2) is 30.3 Å². The summed E-state index contributed by atoms with van der Waals surface area (Å²) in [5, 5.41) is 5.62. The van der Waals surface area contributed by atoms with Crippen LogP contribution in [0.2, 0.25) is 0 Å². The molecular weight excluding hydrogens is 394 g/mol. The summed E-state index contributed by atoms with van der Waals surface area (Å²) >= 11 is 0. The van der Waals surface area contributed by atoms with E-state index in [4.69, 9.17) is 9.47 Å². The van der Waals surface area contributed by atoms with Crippen LogP contribution < -0.4 is 10.6 Å². The van der Waals surface area contributed by atoms with Crippen molar-refractivity contribution in [3.63, 3.8) is 0 Å². The summed E-state index contributed by atoms with van der Waals surface area (Å²) in [5.74, 6) is 0.773. The van der Waals surface area contributed by atoms with Crippen LogP contribution in [0.5, 0.6) is 0 Å². The third kappa shape index (κ3) is 7.42. The minimum atomic E-state index is -0.458. The summed E-state index contributed by atoms with van der Waals surface area (Å²) < 4.78 is 11.5. The summed E-state index contributed by atoms with van der Waals surface area (Å²) in [6, 6.07) is 10.6. The topological polar surface area (TPSA) is 79.9 Å². The Bertz CT molecular complexity index is 691. The Hall–Kier alpha value is -2.28. The number of likely N-dealkylation sites (tertiary alicyclic amines) is 1. The quantitative estimate of drug-likeness (QED) is 0.633. The molecule has 3 amide bonds. The van der Waals surface area contributed by atoms with E-state index >= 15 is 0 Å². The first-order chi connectivity index (χ1) is 15.0. The fourth-order valence-electron chi connectivity index (χ4n) is 4.63. The molecular formula is C24H37N3O4. The number of carbonyl (C=O) groups excluding carboxylic acids is 2. The molecule has 31 heavy (non-hydrogen) atoms. The molecule has 1 aliphatic heterocycles. The lowest BCUT2D eigenvalue weighted by Gasteiger charge is -2.32. The number of carbonyl (C=O) groups is 2. The van der Waals surface area contributed by atoms with E-state index in [-0.39, 0.29) is 24.3 Å². The zero-order chi connectivity index (χ0) is 22.1. The third-order valence-electron chi connectivity index (χ3n) is 6.25. The van der Waals surface area contributed by atoms with Gasteiger partial charge in [0.25, 0.3) is 0 Å². The highest BCUT2D eigenvalue weighted by molar-refractivity contribution is 5.74. The van der Waals surface area contributed by atoms with Gasteiger partial charge in [0.15, 0.2) is 0 Å². The van der Waals surface area contributed by atoms with E-state index in [0.29, 0.717) is 25.6 Å². The summed E-state index contributed by atoms with van der Waals surface area (Å²) in [4.78, 5) is 26.0. The van der Waals surface area contributed by atoms with Crippen molar-refractivity contribution >= 4 is 12.1 Å². The Morgan fingerprint density at radius 1 is 1.13 bits per heavy atom. The number of piperidine rings is 1. The first-order valence-corrected chi connectivity index (χ1v) is 11.7. The molecule has 2 unspecified atom stereocenters. The van der Waals surface area contributed by atoms with E-state index in [2.05, 4.69) is 41.0 Å². The monoisotopic (exact) mass is 431 g/mol. The zero-order valence-electron chi connectivity index (χ0n) is 18.8. The highest BCUT2D eigenvalue weighted by atomic mass is 16.6. The maximum Gasteiger partial charge on any atom is 0.409 e. The van der Waals surface area contributed by atoms with E-state index in [1.165, 1.54) is 5.56 Å². The molecule has 1 aromatic rings. The third-order valence-corrected chi connectivity index (χ3v) is 6.25. The Morgan fingerprint density at radius 3 is 2.58 bits per heavy atom. The molecule has 2 aliphatic rings. The first kappa shape index (κ1) is 23.4. The van der Waals surface area contributed by atoms with Gasteiger partial charge in [0, 0.05) is 25.6 Å². The Morgan fingerprint density at radius 2 is 1.87 bits per heavy atom. The van der Waals surface area contributed by atoms with Gasteiger partial charge >= 0.3 is 12.1 Å². The number of amides is 3. The molecule has 1 heterocycles. The molecule has 7 nitrogen and oxygen atoms in total. The molecule has 0 spiro atoms. The van der Waals surface area contributed by atoms with E-state index in [9.17, 15) is 9.59 Å². The maximum atomic E-state index is 12.2. The SMILES string of the molecule is CCNC(=O)N1CCCC(COC(=O)NC(C)OC2CCC(c3ccccc3)CC2)C1. The molecule has 1 saturated heterocycles. The molecule has 2 fully saturated rings. The largest absolute Gasteiger partial charge is 0.449 e. The van der Waals surface area contributed by atoms with Crippen molar-refractivity contribution in [2.75, 3.05) is 26.2 Å². The van der Waals surface area contributed by atoms with Crippen molar-refractivity contribution in [2.24, 2.45) is 5.92 Å². The van der Waals surface area contributed by atoms with Crippen LogP contribution >= 0.6 is 0 Å². The van der Waals surface area contributed by atoms with Gasteiger partial charge in [-0.1, -0.05) is 30.3 Å². The van der Waals surface area contributed by atoms with Gasteiger partial charge < -0.3 is 19.7 Å². The van der Waals surface area contributed by atoms with E-state index in [1.807, 2.05) is 13.8 Å². The molecule has 2 atom stereocenters. The molecule has 0 bridgehead atoms.